The summed E-state index contributed by atoms with van der Waals surface area (Å²) in [6.45, 7) is 3.20. The summed E-state index contributed by atoms with van der Waals surface area (Å²) >= 11 is 0. The maximum absolute atomic E-state index is 9.01. The first-order chi connectivity index (χ1) is 7.54. The molecule has 0 aromatic rings. The highest BCUT2D eigenvalue weighted by Crippen LogP contribution is 2.08. The zero-order valence-corrected chi connectivity index (χ0v) is 10.5. The number of carbonyl (C=O) groups is 1. The summed E-state index contributed by atoms with van der Waals surface area (Å²) in [7, 11) is 0. The number of aliphatic hydroxyl groups excluding tert-OH is 2. The molecule has 0 aromatic carbocycles. The van der Waals surface area contributed by atoms with Crippen LogP contribution in [-0.4, -0.2) is 34.0 Å². The molecule has 98 valence electrons. The van der Waals surface area contributed by atoms with Crippen molar-refractivity contribution in [3.8, 4) is 0 Å². The second-order valence-corrected chi connectivity index (χ2v) is 3.91. The fourth-order valence-electron chi connectivity index (χ4n) is 1.25. The van der Waals surface area contributed by atoms with Gasteiger partial charge in [-0.25, -0.2) is 0 Å². The number of unbranched alkanes of at least 4 members (excludes halogenated alkanes) is 5. The monoisotopic (exact) mass is 234 g/mol. The van der Waals surface area contributed by atoms with Crippen molar-refractivity contribution in [1.82, 2.24) is 0 Å². The van der Waals surface area contributed by atoms with E-state index in [0.717, 1.165) is 19.8 Å². The van der Waals surface area contributed by atoms with Gasteiger partial charge in [-0.1, -0.05) is 45.4 Å². The van der Waals surface area contributed by atoms with Gasteiger partial charge in [0.1, 0.15) is 0 Å². The summed E-state index contributed by atoms with van der Waals surface area (Å²) < 4.78 is 0. The van der Waals surface area contributed by atoms with E-state index in [2.05, 4.69) is 6.92 Å². The van der Waals surface area contributed by atoms with E-state index in [9.17, 15) is 0 Å². The maximum atomic E-state index is 9.01. The first kappa shape index (κ1) is 17.8. The maximum Gasteiger partial charge on any atom is 0.300 e. The number of carboxylic acids is 1. The van der Waals surface area contributed by atoms with E-state index >= 15 is 0 Å². The van der Waals surface area contributed by atoms with Crippen LogP contribution >= 0.6 is 0 Å². The third kappa shape index (κ3) is 23.3. The van der Waals surface area contributed by atoms with Gasteiger partial charge in [0.15, 0.2) is 0 Å². The van der Waals surface area contributed by atoms with Gasteiger partial charge in [-0.05, 0) is 6.42 Å². The molecule has 0 saturated heterocycles. The van der Waals surface area contributed by atoms with Crippen LogP contribution in [0.2, 0.25) is 0 Å². The van der Waals surface area contributed by atoms with Gasteiger partial charge in [0, 0.05) is 6.92 Å². The Morgan fingerprint density at radius 2 is 1.56 bits per heavy atom. The molecule has 0 bridgehead atoms. The number of aliphatic carboxylic acids is 1. The molecule has 4 nitrogen and oxygen atoms in total. The van der Waals surface area contributed by atoms with Crippen LogP contribution in [0.1, 0.15) is 58.8 Å². The lowest BCUT2D eigenvalue weighted by molar-refractivity contribution is -0.134. The first-order valence-corrected chi connectivity index (χ1v) is 6.03. The Morgan fingerprint density at radius 1 is 1.12 bits per heavy atom. The van der Waals surface area contributed by atoms with Crippen molar-refractivity contribution >= 4 is 5.97 Å². The minimum Gasteiger partial charge on any atom is -0.481 e. The van der Waals surface area contributed by atoms with E-state index in [1.807, 2.05) is 0 Å². The van der Waals surface area contributed by atoms with Crippen LogP contribution in [0.4, 0.5) is 0 Å². The van der Waals surface area contributed by atoms with Crippen LogP contribution < -0.4 is 0 Å². The molecule has 0 heterocycles. The summed E-state index contributed by atoms with van der Waals surface area (Å²) in [5.41, 5.74) is 0. The first-order valence-electron chi connectivity index (χ1n) is 6.03. The minimum atomic E-state index is -0.833. The zero-order valence-electron chi connectivity index (χ0n) is 10.5. The lowest BCUT2D eigenvalue weighted by Crippen LogP contribution is -2.10. The summed E-state index contributed by atoms with van der Waals surface area (Å²) in [5.74, 6) is -0.833. The average Bonchev–Trinajstić information content (AvgIpc) is 2.22. The Hall–Kier alpha value is -0.610. The van der Waals surface area contributed by atoms with Gasteiger partial charge >= 0.3 is 0 Å². The molecule has 0 aliphatic rings. The lowest BCUT2D eigenvalue weighted by atomic mass is 10.1. The molecule has 0 aliphatic carbocycles. The summed E-state index contributed by atoms with van der Waals surface area (Å²) in [6.07, 6.45) is 7.68. The SMILES string of the molecule is CC(=O)O.CCCCCCCCC(O)CO. The molecule has 0 rings (SSSR count). The zero-order chi connectivity index (χ0) is 12.8. The Kier molecular flexibility index (Phi) is 16.0. The van der Waals surface area contributed by atoms with Gasteiger partial charge in [-0.3, -0.25) is 4.79 Å². The van der Waals surface area contributed by atoms with Gasteiger partial charge in [0.05, 0.1) is 12.7 Å². The van der Waals surface area contributed by atoms with Gasteiger partial charge in [-0.15, -0.1) is 0 Å². The molecule has 0 spiro atoms. The van der Waals surface area contributed by atoms with Crippen LogP contribution in [0.25, 0.3) is 0 Å². The van der Waals surface area contributed by atoms with Gasteiger partial charge in [0.2, 0.25) is 0 Å². The number of rotatable bonds is 8. The van der Waals surface area contributed by atoms with Crippen LogP contribution in [0.3, 0.4) is 0 Å². The molecule has 0 fully saturated rings. The van der Waals surface area contributed by atoms with Crippen molar-refractivity contribution in [2.24, 2.45) is 0 Å². The fourth-order valence-corrected chi connectivity index (χ4v) is 1.25. The predicted molar refractivity (Wildman–Crippen MR) is 64.4 cm³/mol. The summed E-state index contributed by atoms with van der Waals surface area (Å²) in [6, 6.07) is 0. The molecule has 16 heavy (non-hydrogen) atoms. The smallest absolute Gasteiger partial charge is 0.300 e. The number of hydrogen-bond donors (Lipinski definition) is 3. The third-order valence-electron chi connectivity index (χ3n) is 2.10. The highest BCUT2D eigenvalue weighted by Gasteiger charge is 1.99. The minimum absolute atomic E-state index is 0.0883. The van der Waals surface area contributed by atoms with Crippen molar-refractivity contribution in [2.45, 2.75) is 64.9 Å². The quantitative estimate of drug-likeness (QED) is 0.562. The van der Waals surface area contributed by atoms with E-state index < -0.39 is 12.1 Å². The second kappa shape index (κ2) is 14.4. The van der Waals surface area contributed by atoms with Crippen molar-refractivity contribution in [3.05, 3.63) is 0 Å². The topological polar surface area (TPSA) is 77.8 Å². The van der Waals surface area contributed by atoms with Gasteiger partial charge < -0.3 is 15.3 Å². The highest BCUT2D eigenvalue weighted by atomic mass is 16.4. The molecule has 0 radical (unpaired) electrons. The fraction of sp³-hybridized carbons (Fsp3) is 0.917. The third-order valence-corrected chi connectivity index (χ3v) is 2.10. The second-order valence-electron chi connectivity index (χ2n) is 3.91. The molecular weight excluding hydrogens is 208 g/mol. The van der Waals surface area contributed by atoms with E-state index in [-0.39, 0.29) is 6.61 Å². The summed E-state index contributed by atoms with van der Waals surface area (Å²) in [5, 5.41) is 25.0. The molecule has 0 aromatic heterocycles. The molecule has 3 N–H and O–H groups in total. The van der Waals surface area contributed by atoms with Crippen LogP contribution in [0.5, 0.6) is 0 Å². The predicted octanol–water partition coefficient (Wildman–Crippen LogP) is 2.18. The molecule has 0 aliphatic heterocycles. The number of aliphatic hydroxyl groups is 2. The lowest BCUT2D eigenvalue weighted by Gasteiger charge is -2.05. The average molecular weight is 234 g/mol. The number of carboxylic acid groups (broad SMARTS) is 1. The Labute approximate surface area is 98.3 Å². The standard InChI is InChI=1S/C10H22O2.C2H4O2/c1-2-3-4-5-6-7-8-10(12)9-11;1-2(3)4/h10-12H,2-9H2,1H3;1H3,(H,3,4). The van der Waals surface area contributed by atoms with E-state index in [0.29, 0.717) is 0 Å². The normalized spacial score (nSPS) is 11.5. The molecule has 1 atom stereocenters. The van der Waals surface area contributed by atoms with Crippen molar-refractivity contribution in [1.29, 1.82) is 0 Å². The Bertz CT molecular complexity index is 144. The molecule has 0 saturated carbocycles. The summed E-state index contributed by atoms with van der Waals surface area (Å²) in [4.78, 5) is 9.00. The van der Waals surface area contributed by atoms with Gasteiger partial charge in [0.25, 0.3) is 5.97 Å². The van der Waals surface area contributed by atoms with Crippen LogP contribution in [0, 0.1) is 0 Å². The Balaban J connectivity index is 0. The number of hydrogen-bond acceptors (Lipinski definition) is 3. The van der Waals surface area contributed by atoms with Crippen molar-refractivity contribution in [2.75, 3.05) is 6.61 Å². The van der Waals surface area contributed by atoms with Gasteiger partial charge in [-0.2, -0.15) is 0 Å². The highest BCUT2D eigenvalue weighted by molar-refractivity contribution is 5.62. The molecule has 1 unspecified atom stereocenters. The van der Waals surface area contributed by atoms with Crippen LogP contribution in [-0.2, 0) is 4.79 Å². The van der Waals surface area contributed by atoms with E-state index in [1.165, 1.54) is 32.1 Å². The van der Waals surface area contributed by atoms with Crippen LogP contribution in [0.15, 0.2) is 0 Å². The molecule has 0 amide bonds. The largest absolute Gasteiger partial charge is 0.481 e. The Morgan fingerprint density at radius 3 is 2.00 bits per heavy atom. The molecule has 4 heteroatoms. The van der Waals surface area contributed by atoms with Crippen molar-refractivity contribution in [3.63, 3.8) is 0 Å². The molecular formula is C12H26O4. The van der Waals surface area contributed by atoms with E-state index in [4.69, 9.17) is 20.1 Å². The van der Waals surface area contributed by atoms with Crippen molar-refractivity contribution < 1.29 is 20.1 Å². The van der Waals surface area contributed by atoms with E-state index in [1.54, 1.807) is 0 Å².